The minimum absolute atomic E-state index is 0.238. The maximum atomic E-state index is 6.05. The van der Waals surface area contributed by atoms with Crippen LogP contribution in [0.5, 0.6) is 0 Å². The van der Waals surface area contributed by atoms with E-state index in [0.29, 0.717) is 0 Å². The monoisotopic (exact) mass is 844 g/mol. The summed E-state index contributed by atoms with van der Waals surface area (Å²) in [5, 5.41) is 6.24. The Morgan fingerprint density at radius 2 is 0.879 bits per heavy atom. The van der Waals surface area contributed by atoms with E-state index in [-0.39, 0.29) is 5.41 Å². The number of aromatic nitrogens is 1. The molecule has 0 fully saturated rings. The van der Waals surface area contributed by atoms with Crippen LogP contribution in [0.4, 0.5) is 17.1 Å². The van der Waals surface area contributed by atoms with Crippen molar-refractivity contribution in [2.75, 3.05) is 4.90 Å². The van der Waals surface area contributed by atoms with Crippen molar-refractivity contribution in [2.45, 2.75) is 19.3 Å². The van der Waals surface area contributed by atoms with Crippen molar-refractivity contribution in [3.63, 3.8) is 0 Å². The van der Waals surface area contributed by atoms with Crippen molar-refractivity contribution in [3.8, 4) is 44.5 Å². The lowest BCUT2D eigenvalue weighted by Crippen LogP contribution is -2.16. The molecule has 66 heavy (non-hydrogen) atoms. The minimum Gasteiger partial charge on any atom is -0.464 e. The van der Waals surface area contributed by atoms with Gasteiger partial charge in [-0.05, 0) is 134 Å². The van der Waals surface area contributed by atoms with Crippen LogP contribution in [-0.2, 0) is 5.41 Å². The van der Waals surface area contributed by atoms with Crippen LogP contribution in [-0.4, -0.2) is 4.40 Å². The van der Waals surface area contributed by atoms with Crippen molar-refractivity contribution in [1.82, 2.24) is 4.40 Å². The van der Waals surface area contributed by atoms with Crippen LogP contribution >= 0.6 is 0 Å². The highest BCUT2D eigenvalue weighted by Crippen LogP contribution is 2.52. The average molecular weight is 845 g/mol. The molecular weight excluding hydrogens is 801 g/mol. The van der Waals surface area contributed by atoms with Gasteiger partial charge in [0, 0.05) is 49.4 Å². The molecule has 0 spiro atoms. The van der Waals surface area contributed by atoms with Crippen molar-refractivity contribution in [3.05, 3.63) is 242 Å². The van der Waals surface area contributed by atoms with Gasteiger partial charge in [0.2, 0.25) is 0 Å². The summed E-state index contributed by atoms with van der Waals surface area (Å²) in [6.07, 6.45) is 1.78. The van der Waals surface area contributed by atoms with E-state index < -0.39 is 0 Å². The van der Waals surface area contributed by atoms with E-state index in [0.717, 1.165) is 39.2 Å². The molecule has 3 heterocycles. The molecule has 0 saturated heterocycles. The Balaban J connectivity index is 0.903. The van der Waals surface area contributed by atoms with Crippen LogP contribution in [0.3, 0.4) is 0 Å². The largest absolute Gasteiger partial charge is 0.464 e. The quantitative estimate of drug-likeness (QED) is 0.166. The Bertz CT molecular complexity index is 3760. The van der Waals surface area contributed by atoms with Gasteiger partial charge in [0.1, 0.15) is 5.58 Å². The maximum absolute atomic E-state index is 6.05. The summed E-state index contributed by atoms with van der Waals surface area (Å²) in [5.41, 5.74) is 20.1. The molecule has 0 bridgehead atoms. The molecule has 12 aromatic rings. The molecule has 0 amide bonds. The highest BCUT2D eigenvalue weighted by Gasteiger charge is 2.36. The molecule has 0 atom stereocenters. The minimum atomic E-state index is -0.238. The van der Waals surface area contributed by atoms with Gasteiger partial charge in [-0.25, -0.2) is 0 Å². The Morgan fingerprint density at radius 1 is 0.379 bits per heavy atom. The molecule has 9 aromatic carbocycles. The summed E-state index contributed by atoms with van der Waals surface area (Å²) in [5.74, 6) is 0. The van der Waals surface area contributed by atoms with Gasteiger partial charge in [0.15, 0.2) is 0 Å². The van der Waals surface area contributed by atoms with Gasteiger partial charge in [-0.1, -0.05) is 159 Å². The number of fused-ring (bicyclic) bond motifs is 10. The van der Waals surface area contributed by atoms with Gasteiger partial charge in [-0.3, -0.25) is 0 Å². The third kappa shape index (κ3) is 5.97. The molecule has 3 nitrogen and oxygen atoms in total. The van der Waals surface area contributed by atoms with Crippen LogP contribution < -0.4 is 4.90 Å². The molecule has 0 unspecified atom stereocenters. The Morgan fingerprint density at radius 3 is 1.56 bits per heavy atom. The van der Waals surface area contributed by atoms with Crippen LogP contribution in [0.15, 0.2) is 235 Å². The molecule has 1 aliphatic carbocycles. The maximum Gasteiger partial charge on any atom is 0.133 e. The van der Waals surface area contributed by atoms with Gasteiger partial charge < -0.3 is 13.7 Å². The molecule has 3 aromatic heterocycles. The second-order valence-corrected chi connectivity index (χ2v) is 18.1. The summed E-state index contributed by atoms with van der Waals surface area (Å²) in [4.78, 5) is 2.39. The fraction of sp³-hybridized carbons (Fsp3) is 0.0476. The molecule has 0 saturated carbocycles. The van der Waals surface area contributed by atoms with Gasteiger partial charge in [-0.2, -0.15) is 0 Å². The predicted octanol–water partition coefficient (Wildman–Crippen LogP) is 17.5. The van der Waals surface area contributed by atoms with E-state index in [9.17, 15) is 0 Å². The topological polar surface area (TPSA) is 20.8 Å². The van der Waals surface area contributed by atoms with E-state index >= 15 is 0 Å². The second-order valence-electron chi connectivity index (χ2n) is 18.1. The Labute approximate surface area is 383 Å². The zero-order valence-corrected chi connectivity index (χ0v) is 36.7. The lowest BCUT2D eigenvalue weighted by molar-refractivity contribution is 0.607. The van der Waals surface area contributed by atoms with Crippen molar-refractivity contribution in [1.29, 1.82) is 0 Å². The zero-order chi connectivity index (χ0) is 43.9. The number of hydrogen-bond donors (Lipinski definition) is 0. The number of para-hydroxylation sites is 3. The van der Waals surface area contributed by atoms with Crippen molar-refractivity contribution in [2.24, 2.45) is 0 Å². The summed E-state index contributed by atoms with van der Waals surface area (Å²) in [6, 6.07) is 81.6. The van der Waals surface area contributed by atoms with E-state index in [1.807, 2.05) is 24.3 Å². The third-order valence-corrected chi connectivity index (χ3v) is 14.1. The second kappa shape index (κ2) is 14.8. The molecule has 0 aliphatic heterocycles. The van der Waals surface area contributed by atoms with Gasteiger partial charge in [0.05, 0.1) is 22.8 Å². The lowest BCUT2D eigenvalue weighted by Gasteiger charge is -2.28. The number of anilines is 3. The first kappa shape index (κ1) is 38.1. The van der Waals surface area contributed by atoms with Crippen LogP contribution in [0.1, 0.15) is 25.0 Å². The molecule has 312 valence electrons. The first-order valence-corrected chi connectivity index (χ1v) is 22.8. The standard InChI is InChI=1S/C63H44N2O/c1-63(2)57-39-46(47-37-55-53-18-7-9-20-59(53)65-60-21-10-8-19-54(60)56(38-47)62(55)65)27-33-51(57)52-34-32-50(40-58(52)63)64(48-28-23-43(24-29-48)41-13-4-3-5-14-41)49-30-25-44(26-31-49)42-16-12-17-45-15-6-11-22-61(45)66-36-35-42/h3-40H,1-2H3. The van der Waals surface area contributed by atoms with Crippen LogP contribution in [0, 0.1) is 0 Å². The normalized spacial score (nSPS) is 12.8. The number of benzene rings is 9. The number of rotatable bonds is 6. The molecule has 0 N–H and O–H groups in total. The summed E-state index contributed by atoms with van der Waals surface area (Å²) in [7, 11) is 0. The zero-order valence-electron chi connectivity index (χ0n) is 36.7. The van der Waals surface area contributed by atoms with Crippen LogP contribution in [0.25, 0.3) is 93.6 Å². The first-order valence-electron chi connectivity index (χ1n) is 22.8. The van der Waals surface area contributed by atoms with E-state index in [4.69, 9.17) is 4.42 Å². The molecular formula is C63H44N2O. The average Bonchev–Trinajstić information content (AvgIpc) is 3.99. The number of nitrogens with zero attached hydrogens (tertiary/aromatic N) is 2. The van der Waals surface area contributed by atoms with Gasteiger partial charge >= 0.3 is 0 Å². The molecule has 3 heteroatoms. The fourth-order valence-corrected chi connectivity index (χ4v) is 10.8. The van der Waals surface area contributed by atoms with Crippen molar-refractivity contribution < 1.29 is 4.42 Å². The van der Waals surface area contributed by atoms with Gasteiger partial charge in [-0.15, -0.1) is 0 Å². The smallest absolute Gasteiger partial charge is 0.133 e. The SMILES string of the molecule is CC1(C)c2cc(-c3cc4c5ccccc5n5c6ccccc6c(c3)c45)ccc2-c2ccc(N(c3ccc(-c4ccccc4)cc3)c3ccc(-c4cccc5ccccc5occ4)cc3)cc21. The summed E-state index contributed by atoms with van der Waals surface area (Å²) in [6.45, 7) is 4.78. The van der Waals surface area contributed by atoms with Crippen LogP contribution in [0.2, 0.25) is 0 Å². The van der Waals surface area contributed by atoms with E-state index in [1.54, 1.807) is 6.26 Å². The van der Waals surface area contributed by atoms with E-state index in [2.05, 4.69) is 223 Å². The third-order valence-electron chi connectivity index (χ3n) is 14.1. The first-order chi connectivity index (χ1) is 32.5. The molecule has 0 radical (unpaired) electrons. The summed E-state index contributed by atoms with van der Waals surface area (Å²) < 4.78 is 8.51. The fourth-order valence-electron chi connectivity index (χ4n) is 10.8. The van der Waals surface area contributed by atoms with E-state index in [1.165, 1.54) is 82.6 Å². The Hall–Kier alpha value is -8.40. The van der Waals surface area contributed by atoms with Crippen molar-refractivity contribution >= 4 is 66.1 Å². The van der Waals surface area contributed by atoms with Gasteiger partial charge in [0.25, 0.3) is 0 Å². The molecule has 1 aliphatic rings. The summed E-state index contributed by atoms with van der Waals surface area (Å²) >= 11 is 0. The number of hydrogen-bond acceptors (Lipinski definition) is 2. The molecule has 13 rings (SSSR count). The Kier molecular flexibility index (Phi) is 8.56. The predicted molar refractivity (Wildman–Crippen MR) is 277 cm³/mol. The highest BCUT2D eigenvalue weighted by molar-refractivity contribution is 6.24. The highest BCUT2D eigenvalue weighted by atomic mass is 16.3. The lowest BCUT2D eigenvalue weighted by atomic mass is 9.81.